The van der Waals surface area contributed by atoms with Crippen LogP contribution < -0.4 is 19.7 Å². The highest BCUT2D eigenvalue weighted by molar-refractivity contribution is 14.0. The molecule has 1 aromatic carbocycles. The molecule has 2 aromatic rings. The van der Waals surface area contributed by atoms with Gasteiger partial charge < -0.3 is 24.6 Å². The number of guanidine groups is 1. The van der Waals surface area contributed by atoms with E-state index in [4.69, 9.17) is 14.5 Å². The lowest BCUT2D eigenvalue weighted by Crippen LogP contribution is -2.52. The topological polar surface area (TPSA) is 62.2 Å². The number of hydrogen-bond acceptors (Lipinski definition) is 5. The van der Waals surface area contributed by atoms with E-state index in [9.17, 15) is 0 Å². The molecule has 3 rings (SSSR count). The van der Waals surface area contributed by atoms with Gasteiger partial charge in [-0.3, -0.25) is 4.99 Å². The quantitative estimate of drug-likeness (QED) is 0.341. The van der Waals surface area contributed by atoms with Crippen molar-refractivity contribution in [2.24, 2.45) is 4.99 Å². The third-order valence-electron chi connectivity index (χ3n) is 5.00. The predicted octanol–water partition coefficient (Wildman–Crippen LogP) is 3.05. The Morgan fingerprint density at radius 1 is 1.07 bits per heavy atom. The first-order chi connectivity index (χ1) is 14.2. The standard InChI is InChI=1S/C22H31N5O2.HI/c1-4-23-22(25-12-10-18-8-9-19(28-2)20(17-18)29-3)27-15-13-26(14-16-27)21-7-5-6-11-24-21;/h5-9,11,17H,4,10,12-16H2,1-3H3,(H,23,25);1H. The van der Waals surface area contributed by atoms with E-state index in [1.807, 2.05) is 30.5 Å². The molecular formula is C22H32IN5O2. The minimum atomic E-state index is 0. The van der Waals surface area contributed by atoms with E-state index in [2.05, 4.69) is 39.2 Å². The maximum Gasteiger partial charge on any atom is 0.194 e. The second kappa shape index (κ2) is 12.5. The summed E-state index contributed by atoms with van der Waals surface area (Å²) in [7, 11) is 3.31. The van der Waals surface area contributed by atoms with E-state index < -0.39 is 0 Å². The number of aliphatic imine (C=N–C) groups is 1. The zero-order valence-electron chi connectivity index (χ0n) is 18.0. The SMILES string of the molecule is CCNC(=NCCc1ccc(OC)c(OC)c1)N1CCN(c2ccccn2)CC1.I. The molecule has 1 N–H and O–H groups in total. The van der Waals surface area contributed by atoms with E-state index in [1.54, 1.807) is 14.2 Å². The van der Waals surface area contributed by atoms with E-state index in [1.165, 1.54) is 5.56 Å². The van der Waals surface area contributed by atoms with Crippen molar-refractivity contribution in [1.29, 1.82) is 0 Å². The molecule has 0 unspecified atom stereocenters. The van der Waals surface area contributed by atoms with Crippen LogP contribution in [-0.4, -0.2) is 69.3 Å². The second-order valence-electron chi connectivity index (χ2n) is 6.84. The number of anilines is 1. The molecule has 0 aliphatic carbocycles. The molecule has 1 aromatic heterocycles. The number of aromatic nitrogens is 1. The third kappa shape index (κ3) is 6.38. The smallest absolute Gasteiger partial charge is 0.194 e. The molecule has 0 saturated carbocycles. The molecule has 164 valence electrons. The molecule has 0 amide bonds. The molecule has 1 aliphatic rings. The maximum atomic E-state index is 5.39. The van der Waals surface area contributed by atoms with Crippen molar-refractivity contribution >= 4 is 35.8 Å². The van der Waals surface area contributed by atoms with Crippen LogP contribution in [0.3, 0.4) is 0 Å². The predicted molar refractivity (Wildman–Crippen MR) is 133 cm³/mol. The first-order valence-corrected chi connectivity index (χ1v) is 10.1. The number of nitrogens with one attached hydrogen (secondary N) is 1. The molecule has 7 nitrogen and oxygen atoms in total. The number of halogens is 1. The highest BCUT2D eigenvalue weighted by Crippen LogP contribution is 2.27. The van der Waals surface area contributed by atoms with Crippen molar-refractivity contribution in [3.8, 4) is 11.5 Å². The van der Waals surface area contributed by atoms with Gasteiger partial charge in [0.25, 0.3) is 0 Å². The van der Waals surface area contributed by atoms with E-state index in [0.717, 1.165) is 69.0 Å². The lowest BCUT2D eigenvalue weighted by Gasteiger charge is -2.37. The molecule has 0 radical (unpaired) electrons. The lowest BCUT2D eigenvalue weighted by molar-refractivity contribution is 0.354. The average molecular weight is 525 g/mol. The maximum absolute atomic E-state index is 5.39. The number of pyridine rings is 1. The van der Waals surface area contributed by atoms with Gasteiger partial charge in [-0.25, -0.2) is 4.98 Å². The van der Waals surface area contributed by atoms with Crippen LogP contribution in [-0.2, 0) is 6.42 Å². The van der Waals surface area contributed by atoms with Crippen molar-refractivity contribution in [1.82, 2.24) is 15.2 Å². The Bertz CT molecular complexity index is 795. The fourth-order valence-electron chi connectivity index (χ4n) is 3.44. The second-order valence-corrected chi connectivity index (χ2v) is 6.84. The minimum Gasteiger partial charge on any atom is -0.493 e. The molecule has 0 spiro atoms. The number of rotatable bonds is 7. The van der Waals surface area contributed by atoms with Crippen molar-refractivity contribution in [3.63, 3.8) is 0 Å². The van der Waals surface area contributed by atoms with E-state index in [0.29, 0.717) is 0 Å². The van der Waals surface area contributed by atoms with Crippen molar-refractivity contribution in [2.75, 3.05) is 58.4 Å². The van der Waals surface area contributed by atoms with Gasteiger partial charge in [-0.15, -0.1) is 24.0 Å². The zero-order valence-corrected chi connectivity index (χ0v) is 20.3. The van der Waals surface area contributed by atoms with Crippen LogP contribution in [0.25, 0.3) is 0 Å². The molecular weight excluding hydrogens is 493 g/mol. The largest absolute Gasteiger partial charge is 0.493 e. The van der Waals surface area contributed by atoms with Gasteiger partial charge in [0.15, 0.2) is 17.5 Å². The highest BCUT2D eigenvalue weighted by atomic mass is 127. The van der Waals surface area contributed by atoms with Crippen molar-refractivity contribution < 1.29 is 9.47 Å². The first-order valence-electron chi connectivity index (χ1n) is 10.1. The number of piperazine rings is 1. The molecule has 0 bridgehead atoms. The van der Waals surface area contributed by atoms with Gasteiger partial charge in [-0.2, -0.15) is 0 Å². The fraction of sp³-hybridized carbons (Fsp3) is 0.455. The summed E-state index contributed by atoms with van der Waals surface area (Å²) in [4.78, 5) is 14.0. The first kappa shape index (κ1) is 24.0. The summed E-state index contributed by atoms with van der Waals surface area (Å²) < 4.78 is 10.7. The van der Waals surface area contributed by atoms with Crippen LogP contribution in [0.5, 0.6) is 11.5 Å². The molecule has 1 fully saturated rings. The molecule has 2 heterocycles. The Morgan fingerprint density at radius 2 is 1.83 bits per heavy atom. The highest BCUT2D eigenvalue weighted by Gasteiger charge is 2.20. The van der Waals surface area contributed by atoms with Crippen LogP contribution in [0.2, 0.25) is 0 Å². The Hall–Kier alpha value is -2.23. The fourth-order valence-corrected chi connectivity index (χ4v) is 3.44. The Kier molecular flexibility index (Phi) is 9.99. The van der Waals surface area contributed by atoms with Gasteiger partial charge in [0, 0.05) is 45.5 Å². The minimum absolute atomic E-state index is 0. The van der Waals surface area contributed by atoms with Gasteiger partial charge in [-0.05, 0) is 43.2 Å². The normalized spacial score (nSPS) is 14.2. The van der Waals surface area contributed by atoms with E-state index in [-0.39, 0.29) is 24.0 Å². The molecule has 1 saturated heterocycles. The third-order valence-corrected chi connectivity index (χ3v) is 5.00. The number of nitrogens with zero attached hydrogens (tertiary/aromatic N) is 4. The van der Waals surface area contributed by atoms with Gasteiger partial charge in [0.1, 0.15) is 5.82 Å². The Balaban J connectivity index is 0.00000320. The summed E-state index contributed by atoms with van der Waals surface area (Å²) in [5.74, 6) is 3.53. The molecule has 0 atom stereocenters. The summed E-state index contributed by atoms with van der Waals surface area (Å²) >= 11 is 0. The summed E-state index contributed by atoms with van der Waals surface area (Å²) in [5.41, 5.74) is 1.18. The van der Waals surface area contributed by atoms with Gasteiger partial charge in [0.2, 0.25) is 0 Å². The van der Waals surface area contributed by atoms with Crippen molar-refractivity contribution in [2.45, 2.75) is 13.3 Å². The van der Waals surface area contributed by atoms with Crippen LogP contribution in [0.4, 0.5) is 5.82 Å². The Labute approximate surface area is 196 Å². The summed E-state index contributed by atoms with van der Waals surface area (Å²) in [5, 5.41) is 3.43. The Morgan fingerprint density at radius 3 is 2.47 bits per heavy atom. The van der Waals surface area contributed by atoms with Gasteiger partial charge >= 0.3 is 0 Å². The number of hydrogen-bond donors (Lipinski definition) is 1. The monoisotopic (exact) mass is 525 g/mol. The lowest BCUT2D eigenvalue weighted by atomic mass is 10.1. The van der Waals surface area contributed by atoms with Crippen LogP contribution >= 0.6 is 24.0 Å². The number of methoxy groups -OCH3 is 2. The summed E-state index contributed by atoms with van der Waals surface area (Å²) in [6, 6.07) is 12.1. The summed E-state index contributed by atoms with van der Waals surface area (Å²) in [6.07, 6.45) is 2.70. The van der Waals surface area contributed by atoms with Crippen LogP contribution in [0.1, 0.15) is 12.5 Å². The average Bonchev–Trinajstić information content (AvgIpc) is 2.79. The molecule has 1 aliphatic heterocycles. The van der Waals surface area contributed by atoms with Crippen molar-refractivity contribution in [3.05, 3.63) is 48.2 Å². The summed E-state index contributed by atoms with van der Waals surface area (Å²) in [6.45, 7) is 7.42. The molecule has 8 heteroatoms. The number of benzene rings is 1. The van der Waals surface area contributed by atoms with Gasteiger partial charge in [0.05, 0.1) is 14.2 Å². The van der Waals surface area contributed by atoms with Gasteiger partial charge in [-0.1, -0.05) is 12.1 Å². The van der Waals surface area contributed by atoms with E-state index >= 15 is 0 Å². The zero-order chi connectivity index (χ0) is 20.5. The molecule has 30 heavy (non-hydrogen) atoms. The number of ether oxygens (including phenoxy) is 2. The van der Waals surface area contributed by atoms with Crippen LogP contribution in [0.15, 0.2) is 47.6 Å². The van der Waals surface area contributed by atoms with Crippen LogP contribution in [0, 0.1) is 0 Å².